The van der Waals surface area contributed by atoms with Crippen LogP contribution < -0.4 is 10.6 Å². The van der Waals surface area contributed by atoms with Crippen LogP contribution in [0.3, 0.4) is 0 Å². The summed E-state index contributed by atoms with van der Waals surface area (Å²) in [6, 6.07) is 0. The quantitative estimate of drug-likeness (QED) is 0.102. The van der Waals surface area contributed by atoms with Crippen LogP contribution in [-0.4, -0.2) is 84.8 Å². The normalized spacial score (nSPS) is 27.1. The van der Waals surface area contributed by atoms with Gasteiger partial charge >= 0.3 is 0 Å². The summed E-state index contributed by atoms with van der Waals surface area (Å²) in [4.78, 5) is 48.2. The first kappa shape index (κ1) is 41.7. The van der Waals surface area contributed by atoms with Gasteiger partial charge in [-0.25, -0.2) is 0 Å². The van der Waals surface area contributed by atoms with E-state index in [9.17, 15) is 24.3 Å². The lowest BCUT2D eigenvalue weighted by atomic mass is 9.60. The van der Waals surface area contributed by atoms with E-state index in [0.717, 1.165) is 49.3 Å². The summed E-state index contributed by atoms with van der Waals surface area (Å²) < 4.78 is 11.7. The first-order valence-corrected chi connectivity index (χ1v) is 19.8. The van der Waals surface area contributed by atoms with Gasteiger partial charge in [-0.2, -0.15) is 0 Å². The lowest BCUT2D eigenvalue weighted by Gasteiger charge is -2.44. The van der Waals surface area contributed by atoms with Gasteiger partial charge in [0.15, 0.2) is 0 Å². The number of carbonyl (C=O) groups excluding carboxylic acids is 4. The zero-order valence-electron chi connectivity index (χ0n) is 32.3. The van der Waals surface area contributed by atoms with Gasteiger partial charge in [0.05, 0.1) is 24.9 Å². The predicted octanol–water partition coefficient (Wildman–Crippen LogP) is 6.10. The molecule has 0 unspecified atom stereocenters. The van der Waals surface area contributed by atoms with E-state index >= 15 is 0 Å². The molecule has 52 heavy (non-hydrogen) atoms. The summed E-state index contributed by atoms with van der Waals surface area (Å²) in [6.45, 7) is 15.2. The summed E-state index contributed by atoms with van der Waals surface area (Å²) in [5.74, 6) is 0.935. The highest BCUT2D eigenvalue weighted by Crippen LogP contribution is 2.60. The van der Waals surface area contributed by atoms with Crippen LogP contribution in [0.2, 0.25) is 0 Å². The minimum atomic E-state index is -0.575. The molecule has 3 N–H and O–H groups in total. The Hall–Kier alpha value is -3.08. The third-order valence-corrected chi connectivity index (χ3v) is 11.8. The fraction of sp³-hybridized carbons (Fsp3) is 0.714. The van der Waals surface area contributed by atoms with Crippen molar-refractivity contribution in [3.8, 4) is 0 Å². The summed E-state index contributed by atoms with van der Waals surface area (Å²) >= 11 is 0. The smallest absolute Gasteiger partial charge is 0.253 e. The molecule has 4 rings (SSSR count). The van der Waals surface area contributed by atoms with Crippen LogP contribution in [0.1, 0.15) is 118 Å². The van der Waals surface area contributed by atoms with Crippen molar-refractivity contribution in [1.29, 1.82) is 0 Å². The van der Waals surface area contributed by atoms with Crippen molar-refractivity contribution >= 4 is 23.6 Å². The van der Waals surface area contributed by atoms with E-state index in [4.69, 9.17) is 9.47 Å². The molecule has 0 bridgehead atoms. The molecule has 10 nitrogen and oxygen atoms in total. The van der Waals surface area contributed by atoms with Gasteiger partial charge in [0, 0.05) is 51.2 Å². The lowest BCUT2D eigenvalue weighted by molar-refractivity contribution is -0.137. The SMILES string of the molecule is C=C1CC[C@H](OCCCNC(=O)CCOCCNC(=O)CCN2C(=O)C=CC2=O)C/C1=C/C=C1\CCC[C@]2(C)[C@@H]([C@H](C)CCCC(C)(C)O)CC[C@@H]12. The molecule has 0 aromatic carbocycles. The van der Waals surface area contributed by atoms with Crippen molar-refractivity contribution in [2.45, 2.75) is 129 Å². The number of carbonyl (C=O) groups is 4. The number of nitrogens with zero attached hydrogens (tertiary/aromatic N) is 1. The van der Waals surface area contributed by atoms with Gasteiger partial charge in [0.1, 0.15) is 0 Å². The zero-order chi connectivity index (χ0) is 37.7. The van der Waals surface area contributed by atoms with Crippen molar-refractivity contribution in [1.82, 2.24) is 15.5 Å². The largest absolute Gasteiger partial charge is 0.390 e. The minimum absolute atomic E-state index is 0.0326. The molecule has 0 aromatic heterocycles. The van der Waals surface area contributed by atoms with E-state index < -0.39 is 17.4 Å². The number of fused-ring (bicyclic) bond motifs is 1. The molecule has 3 saturated carbocycles. The molecule has 0 spiro atoms. The predicted molar refractivity (Wildman–Crippen MR) is 203 cm³/mol. The summed E-state index contributed by atoms with van der Waals surface area (Å²) in [7, 11) is 0. The van der Waals surface area contributed by atoms with Crippen LogP contribution in [0, 0.1) is 23.2 Å². The maximum absolute atomic E-state index is 12.2. The fourth-order valence-corrected chi connectivity index (χ4v) is 8.92. The Morgan fingerprint density at radius 2 is 1.75 bits per heavy atom. The molecule has 0 aromatic rings. The number of amides is 4. The molecule has 0 radical (unpaired) electrons. The molecule has 0 saturated heterocycles. The fourth-order valence-electron chi connectivity index (χ4n) is 8.92. The minimum Gasteiger partial charge on any atom is -0.390 e. The van der Waals surface area contributed by atoms with Crippen molar-refractivity contribution < 1.29 is 33.8 Å². The second kappa shape index (κ2) is 19.8. The first-order chi connectivity index (χ1) is 24.8. The molecule has 5 atom stereocenters. The van der Waals surface area contributed by atoms with Crippen molar-refractivity contribution in [2.75, 3.05) is 39.5 Å². The monoisotopic (exact) mass is 723 g/mol. The molecule has 4 aliphatic rings. The summed E-state index contributed by atoms with van der Waals surface area (Å²) in [5, 5.41) is 15.8. The van der Waals surface area contributed by atoms with Crippen LogP contribution >= 0.6 is 0 Å². The van der Waals surface area contributed by atoms with Gasteiger partial charge in [-0.1, -0.05) is 56.6 Å². The van der Waals surface area contributed by atoms with Crippen molar-refractivity contribution in [3.05, 3.63) is 47.6 Å². The number of imide groups is 1. The van der Waals surface area contributed by atoms with Crippen LogP contribution in [0.4, 0.5) is 0 Å². The Labute approximate surface area is 311 Å². The number of allylic oxidation sites excluding steroid dienone is 4. The Kier molecular flexibility index (Phi) is 15.9. The van der Waals surface area contributed by atoms with E-state index in [2.05, 4.69) is 43.2 Å². The molecular formula is C42H65N3O7. The summed E-state index contributed by atoms with van der Waals surface area (Å²) in [5.41, 5.74) is 3.95. The molecule has 10 heteroatoms. The van der Waals surface area contributed by atoms with E-state index in [1.807, 2.05) is 13.8 Å². The van der Waals surface area contributed by atoms with E-state index in [-0.39, 0.29) is 57.1 Å². The molecule has 290 valence electrons. The number of nitrogens with one attached hydrogen (secondary N) is 2. The van der Waals surface area contributed by atoms with Gasteiger partial charge in [-0.15, -0.1) is 0 Å². The molecule has 3 fully saturated rings. The zero-order valence-corrected chi connectivity index (χ0v) is 32.3. The highest BCUT2D eigenvalue weighted by atomic mass is 16.5. The number of hydrogen-bond donors (Lipinski definition) is 3. The van der Waals surface area contributed by atoms with Gasteiger partial charge < -0.3 is 25.2 Å². The van der Waals surface area contributed by atoms with Crippen molar-refractivity contribution in [3.63, 3.8) is 0 Å². The average molecular weight is 724 g/mol. The van der Waals surface area contributed by atoms with Crippen LogP contribution in [0.25, 0.3) is 0 Å². The summed E-state index contributed by atoms with van der Waals surface area (Å²) in [6.07, 6.45) is 20.7. The van der Waals surface area contributed by atoms with Crippen LogP contribution in [0.15, 0.2) is 47.6 Å². The third kappa shape index (κ3) is 12.5. The van der Waals surface area contributed by atoms with Gasteiger partial charge in [-0.3, -0.25) is 24.1 Å². The number of rotatable bonds is 20. The topological polar surface area (TPSA) is 134 Å². The third-order valence-electron chi connectivity index (χ3n) is 11.8. The average Bonchev–Trinajstić information content (AvgIpc) is 3.62. The Morgan fingerprint density at radius 3 is 2.50 bits per heavy atom. The molecule has 3 aliphatic carbocycles. The number of aliphatic hydroxyl groups is 1. The Morgan fingerprint density at radius 1 is 1.02 bits per heavy atom. The van der Waals surface area contributed by atoms with Gasteiger partial charge in [-0.05, 0) is 107 Å². The second-order valence-corrected chi connectivity index (χ2v) is 16.4. The highest BCUT2D eigenvalue weighted by Gasteiger charge is 2.50. The molecule has 1 aliphatic heterocycles. The highest BCUT2D eigenvalue weighted by molar-refractivity contribution is 6.13. The Bertz CT molecular complexity index is 1340. The van der Waals surface area contributed by atoms with E-state index in [1.54, 1.807) is 5.57 Å². The second-order valence-electron chi connectivity index (χ2n) is 16.4. The lowest BCUT2D eigenvalue weighted by Crippen LogP contribution is -2.36. The standard InChI is InChI=1S/C42H65N3O7/c1-30-11-14-34(52-26-8-23-43-38(47)20-27-51-28-24-44-37(46)19-25-45-39(48)17-18-40(45)49)29-33(30)13-12-32-10-7-22-42(5)35(15-16-36(32)42)31(2)9-6-21-41(3,4)50/h12-13,17-18,31,34-36,50H,1,6-11,14-16,19-29H2,2-5H3,(H,43,47)(H,44,46)/b32-12+,33-13-/t31-,34+,35-,36+,42-/m1/s1. The van der Waals surface area contributed by atoms with E-state index in [0.29, 0.717) is 30.4 Å². The molecule has 4 amide bonds. The van der Waals surface area contributed by atoms with E-state index in [1.165, 1.54) is 61.8 Å². The first-order valence-electron chi connectivity index (χ1n) is 19.8. The molecule has 1 heterocycles. The maximum atomic E-state index is 12.2. The van der Waals surface area contributed by atoms with Crippen molar-refractivity contribution in [2.24, 2.45) is 23.2 Å². The molecular weight excluding hydrogens is 658 g/mol. The number of hydrogen-bond acceptors (Lipinski definition) is 7. The Balaban J connectivity index is 1.08. The number of ether oxygens (including phenoxy) is 2. The maximum Gasteiger partial charge on any atom is 0.253 e. The van der Waals surface area contributed by atoms with Gasteiger partial charge in [0.25, 0.3) is 11.8 Å². The van der Waals surface area contributed by atoms with Crippen LogP contribution in [0.5, 0.6) is 0 Å². The van der Waals surface area contributed by atoms with Crippen LogP contribution in [-0.2, 0) is 28.7 Å². The van der Waals surface area contributed by atoms with Gasteiger partial charge in [0.2, 0.25) is 11.8 Å².